The lowest BCUT2D eigenvalue weighted by atomic mass is 10.00. The molecule has 0 aliphatic carbocycles. The molecule has 6 N–H and O–H groups in total. The fourth-order valence-corrected chi connectivity index (χ4v) is 1.96. The summed E-state index contributed by atoms with van der Waals surface area (Å²) in [6.45, 7) is 8.48. The molecule has 0 rings (SSSR count). The predicted molar refractivity (Wildman–Crippen MR) is 85.4 cm³/mol. The van der Waals surface area contributed by atoms with E-state index in [1.54, 1.807) is 13.8 Å². The number of rotatable bonds is 9. The van der Waals surface area contributed by atoms with Crippen LogP contribution in [0.5, 0.6) is 0 Å². The summed E-state index contributed by atoms with van der Waals surface area (Å²) in [4.78, 5) is 35.5. The van der Waals surface area contributed by atoms with Gasteiger partial charge in [0.05, 0.1) is 6.10 Å². The van der Waals surface area contributed by atoms with Crippen LogP contribution in [-0.4, -0.2) is 52.2 Å². The molecule has 0 heterocycles. The Morgan fingerprint density at radius 3 is 1.87 bits per heavy atom. The van der Waals surface area contributed by atoms with E-state index in [-0.39, 0.29) is 11.8 Å². The van der Waals surface area contributed by atoms with E-state index in [1.165, 1.54) is 6.92 Å². The Kier molecular flexibility index (Phi) is 8.78. The van der Waals surface area contributed by atoms with Crippen LogP contribution in [0.3, 0.4) is 0 Å². The van der Waals surface area contributed by atoms with Gasteiger partial charge in [-0.05, 0) is 25.2 Å². The molecule has 4 atom stereocenters. The van der Waals surface area contributed by atoms with Gasteiger partial charge in [0.2, 0.25) is 11.8 Å². The second kappa shape index (κ2) is 9.46. The number of amides is 2. The number of hydrogen-bond donors (Lipinski definition) is 5. The first-order valence-corrected chi connectivity index (χ1v) is 7.74. The molecule has 0 aromatic carbocycles. The molecule has 0 bridgehead atoms. The molecule has 8 heteroatoms. The Morgan fingerprint density at radius 2 is 1.52 bits per heavy atom. The fraction of sp³-hybridized carbons (Fsp3) is 0.800. The minimum absolute atomic E-state index is 0.0937. The first kappa shape index (κ1) is 21.3. The van der Waals surface area contributed by atoms with Crippen molar-refractivity contribution in [2.75, 3.05) is 0 Å². The Labute approximate surface area is 136 Å². The van der Waals surface area contributed by atoms with Gasteiger partial charge in [0.25, 0.3) is 0 Å². The minimum Gasteiger partial charge on any atom is -0.480 e. The van der Waals surface area contributed by atoms with Gasteiger partial charge in [-0.2, -0.15) is 0 Å². The smallest absolute Gasteiger partial charge is 0.326 e. The number of carbonyl (C=O) groups is 3. The Balaban J connectivity index is 5.05. The maximum absolute atomic E-state index is 12.3. The van der Waals surface area contributed by atoms with E-state index in [9.17, 15) is 19.5 Å². The van der Waals surface area contributed by atoms with Crippen molar-refractivity contribution >= 4 is 17.8 Å². The number of nitrogens with one attached hydrogen (secondary N) is 2. The maximum atomic E-state index is 12.3. The van der Waals surface area contributed by atoms with Crippen molar-refractivity contribution in [2.24, 2.45) is 17.6 Å². The maximum Gasteiger partial charge on any atom is 0.326 e. The first-order chi connectivity index (χ1) is 10.5. The Bertz CT molecular complexity index is 423. The molecular formula is C15H29N3O5. The highest BCUT2D eigenvalue weighted by Crippen LogP contribution is 2.08. The number of hydrogen-bond acceptors (Lipinski definition) is 5. The molecule has 4 unspecified atom stereocenters. The van der Waals surface area contributed by atoms with Gasteiger partial charge in [-0.25, -0.2) is 4.79 Å². The first-order valence-electron chi connectivity index (χ1n) is 7.74. The van der Waals surface area contributed by atoms with Crippen molar-refractivity contribution < 1.29 is 24.6 Å². The van der Waals surface area contributed by atoms with Gasteiger partial charge in [0.1, 0.15) is 18.1 Å². The topological polar surface area (TPSA) is 142 Å². The molecule has 134 valence electrons. The zero-order valence-corrected chi connectivity index (χ0v) is 14.4. The normalized spacial score (nSPS) is 16.6. The molecule has 0 fully saturated rings. The van der Waals surface area contributed by atoms with Crippen LogP contribution in [0.4, 0.5) is 0 Å². The zero-order valence-electron chi connectivity index (χ0n) is 14.4. The molecule has 0 spiro atoms. The SMILES string of the molecule is CC(C)CC(NC(=O)C(N)C(C)O)C(=O)NC(C(=O)O)C(C)C. The summed E-state index contributed by atoms with van der Waals surface area (Å²) in [5.74, 6) is -2.57. The molecule has 0 aromatic heterocycles. The lowest BCUT2D eigenvalue weighted by molar-refractivity contribution is -0.143. The number of carbonyl (C=O) groups excluding carboxylic acids is 2. The Morgan fingerprint density at radius 1 is 1.00 bits per heavy atom. The third-order valence-corrected chi connectivity index (χ3v) is 3.39. The minimum atomic E-state index is -1.15. The summed E-state index contributed by atoms with van der Waals surface area (Å²) in [6.07, 6.45) is -0.727. The molecule has 0 radical (unpaired) electrons. The van der Waals surface area contributed by atoms with Gasteiger partial charge in [-0.3, -0.25) is 9.59 Å². The van der Waals surface area contributed by atoms with E-state index >= 15 is 0 Å². The van der Waals surface area contributed by atoms with Crippen LogP contribution in [-0.2, 0) is 14.4 Å². The van der Waals surface area contributed by atoms with E-state index in [1.807, 2.05) is 13.8 Å². The highest BCUT2D eigenvalue weighted by Gasteiger charge is 2.30. The van der Waals surface area contributed by atoms with Crippen molar-refractivity contribution in [3.63, 3.8) is 0 Å². The summed E-state index contributed by atoms with van der Waals surface area (Å²) < 4.78 is 0. The predicted octanol–water partition coefficient (Wildman–Crippen LogP) is -0.549. The van der Waals surface area contributed by atoms with Gasteiger partial charge in [0.15, 0.2) is 0 Å². The molecule has 23 heavy (non-hydrogen) atoms. The van der Waals surface area contributed by atoms with Crippen LogP contribution in [0.2, 0.25) is 0 Å². The number of aliphatic hydroxyl groups excluding tert-OH is 1. The van der Waals surface area contributed by atoms with Crippen LogP contribution in [0.1, 0.15) is 41.0 Å². The molecule has 0 aliphatic heterocycles. The summed E-state index contributed by atoms with van der Waals surface area (Å²) in [7, 11) is 0. The van der Waals surface area contributed by atoms with Gasteiger partial charge in [0, 0.05) is 0 Å². The number of carboxylic acid groups (broad SMARTS) is 1. The van der Waals surface area contributed by atoms with Gasteiger partial charge >= 0.3 is 5.97 Å². The average Bonchev–Trinajstić information content (AvgIpc) is 2.41. The number of carboxylic acids is 1. The zero-order chi connectivity index (χ0) is 18.3. The highest BCUT2D eigenvalue weighted by atomic mass is 16.4. The number of aliphatic carboxylic acids is 1. The van der Waals surface area contributed by atoms with Crippen molar-refractivity contribution in [1.29, 1.82) is 0 Å². The average molecular weight is 331 g/mol. The van der Waals surface area contributed by atoms with Crippen LogP contribution in [0.15, 0.2) is 0 Å². The summed E-state index contributed by atoms with van der Waals surface area (Å²) in [6, 6.07) is -3.11. The number of nitrogens with two attached hydrogens (primary N) is 1. The van der Waals surface area contributed by atoms with Crippen LogP contribution in [0, 0.1) is 11.8 Å². The largest absolute Gasteiger partial charge is 0.480 e. The van der Waals surface area contributed by atoms with Crippen molar-refractivity contribution in [1.82, 2.24) is 10.6 Å². The van der Waals surface area contributed by atoms with E-state index in [0.717, 1.165) is 0 Å². The molecule has 0 saturated heterocycles. The Hall–Kier alpha value is -1.67. The van der Waals surface area contributed by atoms with Gasteiger partial charge in [-0.1, -0.05) is 27.7 Å². The second-order valence-corrected chi connectivity index (χ2v) is 6.53. The fourth-order valence-electron chi connectivity index (χ4n) is 1.96. The van der Waals surface area contributed by atoms with E-state index in [4.69, 9.17) is 10.8 Å². The number of aliphatic hydroxyl groups is 1. The molecule has 0 aromatic rings. The third-order valence-electron chi connectivity index (χ3n) is 3.39. The van der Waals surface area contributed by atoms with Gasteiger partial charge in [-0.15, -0.1) is 0 Å². The van der Waals surface area contributed by atoms with Crippen LogP contribution in [0.25, 0.3) is 0 Å². The molecule has 0 saturated carbocycles. The summed E-state index contributed by atoms with van der Waals surface area (Å²) >= 11 is 0. The van der Waals surface area contributed by atoms with Crippen molar-refractivity contribution in [2.45, 2.75) is 65.3 Å². The molecule has 8 nitrogen and oxygen atoms in total. The standard InChI is InChI=1S/C15H29N3O5/c1-7(2)6-10(17-14(21)11(16)9(5)19)13(20)18-12(8(3)4)15(22)23/h7-12,19H,6,16H2,1-5H3,(H,17,21)(H,18,20)(H,22,23). The third kappa shape index (κ3) is 7.43. The summed E-state index contributed by atoms with van der Waals surface area (Å²) in [5.41, 5.74) is 5.55. The highest BCUT2D eigenvalue weighted by molar-refractivity contribution is 5.92. The lowest BCUT2D eigenvalue weighted by Gasteiger charge is -2.25. The molecular weight excluding hydrogens is 302 g/mol. The monoisotopic (exact) mass is 331 g/mol. The molecule has 2 amide bonds. The van der Waals surface area contributed by atoms with Crippen LogP contribution >= 0.6 is 0 Å². The van der Waals surface area contributed by atoms with E-state index < -0.39 is 42.0 Å². The summed E-state index contributed by atoms with van der Waals surface area (Å²) in [5, 5.41) is 23.4. The van der Waals surface area contributed by atoms with Gasteiger partial charge < -0.3 is 26.6 Å². The van der Waals surface area contributed by atoms with Crippen molar-refractivity contribution in [3.05, 3.63) is 0 Å². The second-order valence-electron chi connectivity index (χ2n) is 6.53. The quantitative estimate of drug-likeness (QED) is 0.384. The van der Waals surface area contributed by atoms with Crippen molar-refractivity contribution in [3.8, 4) is 0 Å². The van der Waals surface area contributed by atoms with E-state index in [0.29, 0.717) is 6.42 Å². The van der Waals surface area contributed by atoms with Crippen LogP contribution < -0.4 is 16.4 Å². The van der Waals surface area contributed by atoms with E-state index in [2.05, 4.69) is 10.6 Å². The molecule has 0 aliphatic rings. The lowest BCUT2D eigenvalue weighted by Crippen LogP contribution is -2.57.